The first-order valence-corrected chi connectivity index (χ1v) is 9.99. The number of nitrogens with zero attached hydrogens (tertiary/aromatic N) is 1. The third-order valence-electron chi connectivity index (χ3n) is 4.69. The van der Waals surface area contributed by atoms with Crippen molar-refractivity contribution >= 4 is 23.0 Å². The number of amides is 1. The van der Waals surface area contributed by atoms with Gasteiger partial charge in [0.15, 0.2) is 0 Å². The minimum Gasteiger partial charge on any atom is -0.399 e. The van der Waals surface area contributed by atoms with Gasteiger partial charge in [0.2, 0.25) is 0 Å². The fourth-order valence-corrected chi connectivity index (χ4v) is 3.11. The molecule has 0 saturated heterocycles. The molecule has 2 aromatic carbocycles. The van der Waals surface area contributed by atoms with Crippen LogP contribution in [0.15, 0.2) is 47.5 Å². The van der Waals surface area contributed by atoms with Crippen molar-refractivity contribution in [3.8, 4) is 0 Å². The maximum atomic E-state index is 12.3. The van der Waals surface area contributed by atoms with E-state index in [9.17, 15) is 4.79 Å². The molecular formula is C25H33N3O. The van der Waals surface area contributed by atoms with Crippen LogP contribution in [0.25, 0.3) is 5.70 Å². The van der Waals surface area contributed by atoms with Gasteiger partial charge in [0.1, 0.15) is 0 Å². The Kier molecular flexibility index (Phi) is 7.02. The number of nitrogens with two attached hydrogens (primary N) is 1. The molecule has 29 heavy (non-hydrogen) atoms. The normalized spacial score (nSPS) is 12.8. The molecule has 0 unspecified atom stereocenters. The van der Waals surface area contributed by atoms with Crippen molar-refractivity contribution in [1.29, 1.82) is 0 Å². The van der Waals surface area contributed by atoms with Crippen molar-refractivity contribution in [3.63, 3.8) is 0 Å². The first-order valence-electron chi connectivity index (χ1n) is 9.99. The van der Waals surface area contributed by atoms with E-state index in [1.165, 1.54) is 11.1 Å². The van der Waals surface area contributed by atoms with Gasteiger partial charge in [-0.15, -0.1) is 0 Å². The highest BCUT2D eigenvalue weighted by Crippen LogP contribution is 2.21. The summed E-state index contributed by atoms with van der Waals surface area (Å²) in [7, 11) is 0. The second kappa shape index (κ2) is 9.08. The van der Waals surface area contributed by atoms with Gasteiger partial charge in [-0.2, -0.15) is 0 Å². The predicted molar refractivity (Wildman–Crippen MR) is 124 cm³/mol. The second-order valence-electron chi connectivity index (χ2n) is 8.61. The lowest BCUT2D eigenvalue weighted by Crippen LogP contribution is -2.40. The highest BCUT2D eigenvalue weighted by Gasteiger charge is 2.15. The van der Waals surface area contributed by atoms with Crippen LogP contribution < -0.4 is 11.1 Å². The minimum absolute atomic E-state index is 0.0695. The number of carbonyl (C=O) groups is 1. The van der Waals surface area contributed by atoms with E-state index in [4.69, 9.17) is 10.7 Å². The van der Waals surface area contributed by atoms with Gasteiger partial charge in [0.05, 0.1) is 5.70 Å². The summed E-state index contributed by atoms with van der Waals surface area (Å²) in [5.41, 5.74) is 13.6. The Morgan fingerprint density at radius 2 is 1.66 bits per heavy atom. The van der Waals surface area contributed by atoms with Crippen molar-refractivity contribution in [2.75, 3.05) is 5.73 Å². The van der Waals surface area contributed by atoms with E-state index in [0.717, 1.165) is 34.6 Å². The molecule has 0 bridgehead atoms. The van der Waals surface area contributed by atoms with Gasteiger partial charge in [-0.1, -0.05) is 24.3 Å². The lowest BCUT2D eigenvalue weighted by Gasteiger charge is -2.20. The molecule has 0 heterocycles. The molecule has 0 aromatic heterocycles. The zero-order chi connectivity index (χ0) is 21.8. The fourth-order valence-electron chi connectivity index (χ4n) is 3.11. The molecule has 154 valence electrons. The maximum absolute atomic E-state index is 12.3. The summed E-state index contributed by atoms with van der Waals surface area (Å²) >= 11 is 0. The molecule has 1 amide bonds. The lowest BCUT2D eigenvalue weighted by atomic mass is 9.99. The Hall–Kier alpha value is -2.88. The second-order valence-corrected chi connectivity index (χ2v) is 8.61. The Balaban J connectivity index is 2.19. The van der Waals surface area contributed by atoms with E-state index in [1.807, 2.05) is 78.0 Å². The number of carbonyl (C=O) groups excluding carboxylic acids is 1. The number of anilines is 1. The standard InChI is InChI=1S/C25H33N3O/c1-8-23(19-9-11-20(12-10-19)24(29)28-25(5,6)7)27-18(4)15-21-13-17(3)22(26)14-16(21)2/h8-14H,15,26H2,1-7H3,(H,28,29)/b23-8-,27-18?. The quantitative estimate of drug-likeness (QED) is 0.523. The van der Waals surface area contributed by atoms with Gasteiger partial charge in [-0.05, 0) is 88.9 Å². The van der Waals surface area contributed by atoms with Gasteiger partial charge in [-0.3, -0.25) is 9.79 Å². The van der Waals surface area contributed by atoms with E-state index in [-0.39, 0.29) is 11.4 Å². The van der Waals surface area contributed by atoms with E-state index >= 15 is 0 Å². The predicted octanol–water partition coefficient (Wildman–Crippen LogP) is 5.48. The first-order chi connectivity index (χ1) is 13.5. The molecule has 4 nitrogen and oxygen atoms in total. The van der Waals surface area contributed by atoms with Crippen LogP contribution in [0.5, 0.6) is 0 Å². The van der Waals surface area contributed by atoms with Gasteiger partial charge in [-0.25, -0.2) is 0 Å². The average molecular weight is 392 g/mol. The summed E-state index contributed by atoms with van der Waals surface area (Å²) in [5.74, 6) is -0.0695. The summed E-state index contributed by atoms with van der Waals surface area (Å²) in [6, 6.07) is 11.7. The van der Waals surface area contributed by atoms with Crippen molar-refractivity contribution in [1.82, 2.24) is 5.32 Å². The summed E-state index contributed by atoms with van der Waals surface area (Å²) in [5, 5.41) is 2.98. The summed E-state index contributed by atoms with van der Waals surface area (Å²) in [6.07, 6.45) is 2.77. The number of hydrogen-bond donors (Lipinski definition) is 2. The van der Waals surface area contributed by atoms with Crippen LogP contribution >= 0.6 is 0 Å². The van der Waals surface area contributed by atoms with Crippen LogP contribution in [0.3, 0.4) is 0 Å². The summed E-state index contributed by atoms with van der Waals surface area (Å²) < 4.78 is 0. The molecule has 4 heteroatoms. The fraction of sp³-hybridized carbons (Fsp3) is 0.360. The molecule has 0 aliphatic heterocycles. The van der Waals surface area contributed by atoms with Gasteiger partial charge >= 0.3 is 0 Å². The van der Waals surface area contributed by atoms with E-state index in [2.05, 4.69) is 18.3 Å². The van der Waals surface area contributed by atoms with Crippen molar-refractivity contribution < 1.29 is 4.79 Å². The van der Waals surface area contributed by atoms with Crippen molar-refractivity contribution in [2.24, 2.45) is 4.99 Å². The van der Waals surface area contributed by atoms with Crippen molar-refractivity contribution in [3.05, 3.63) is 70.3 Å². The van der Waals surface area contributed by atoms with Gasteiger partial charge in [0, 0.05) is 28.9 Å². The topological polar surface area (TPSA) is 67.5 Å². The molecular weight excluding hydrogens is 358 g/mol. The smallest absolute Gasteiger partial charge is 0.251 e. The molecule has 0 fully saturated rings. The maximum Gasteiger partial charge on any atom is 0.251 e. The number of nitrogen functional groups attached to an aromatic ring is 1. The lowest BCUT2D eigenvalue weighted by molar-refractivity contribution is 0.0919. The summed E-state index contributed by atoms with van der Waals surface area (Å²) in [6.45, 7) is 14.0. The highest BCUT2D eigenvalue weighted by atomic mass is 16.1. The number of rotatable bonds is 5. The molecule has 2 rings (SSSR count). The van der Waals surface area contributed by atoms with Crippen LogP contribution in [0.2, 0.25) is 0 Å². The largest absolute Gasteiger partial charge is 0.399 e. The minimum atomic E-state index is -0.260. The SMILES string of the molecule is C/C=C(\N=C(C)Cc1cc(C)c(N)cc1C)c1ccc(C(=O)NC(C)(C)C)cc1. The first kappa shape index (κ1) is 22.4. The zero-order valence-corrected chi connectivity index (χ0v) is 18.7. The Labute approximate surface area is 174 Å². The van der Waals surface area contributed by atoms with E-state index in [0.29, 0.717) is 5.56 Å². The van der Waals surface area contributed by atoms with Crippen LogP contribution in [-0.4, -0.2) is 17.2 Å². The zero-order valence-electron chi connectivity index (χ0n) is 18.7. The molecule has 0 atom stereocenters. The van der Waals surface area contributed by atoms with Crippen LogP contribution in [-0.2, 0) is 6.42 Å². The van der Waals surface area contributed by atoms with Crippen LogP contribution in [0.4, 0.5) is 5.69 Å². The third kappa shape index (κ3) is 6.31. The Morgan fingerprint density at radius 3 is 2.21 bits per heavy atom. The summed E-state index contributed by atoms with van der Waals surface area (Å²) in [4.78, 5) is 17.1. The number of benzene rings is 2. The van der Waals surface area contributed by atoms with Crippen LogP contribution in [0.1, 0.15) is 67.2 Å². The third-order valence-corrected chi connectivity index (χ3v) is 4.69. The van der Waals surface area contributed by atoms with E-state index in [1.54, 1.807) is 0 Å². The highest BCUT2D eigenvalue weighted by molar-refractivity contribution is 5.95. The number of nitrogens with one attached hydrogen (secondary N) is 1. The average Bonchev–Trinajstić information content (AvgIpc) is 2.63. The van der Waals surface area contributed by atoms with Gasteiger partial charge < -0.3 is 11.1 Å². The molecule has 0 saturated carbocycles. The van der Waals surface area contributed by atoms with Crippen molar-refractivity contribution in [2.45, 2.75) is 60.4 Å². The molecule has 0 aliphatic carbocycles. The number of hydrogen-bond acceptors (Lipinski definition) is 3. The Bertz CT molecular complexity index is 945. The molecule has 0 aliphatic rings. The molecule has 0 spiro atoms. The van der Waals surface area contributed by atoms with Gasteiger partial charge in [0.25, 0.3) is 5.91 Å². The monoisotopic (exact) mass is 391 g/mol. The molecule has 3 N–H and O–H groups in total. The van der Waals surface area contributed by atoms with Crippen LogP contribution in [0, 0.1) is 13.8 Å². The van der Waals surface area contributed by atoms with E-state index < -0.39 is 0 Å². The number of aryl methyl sites for hydroxylation is 2. The molecule has 2 aromatic rings. The number of aliphatic imine (C=N–C) groups is 1. The molecule has 0 radical (unpaired) electrons. The number of allylic oxidation sites excluding steroid dienone is 1. The Morgan fingerprint density at radius 1 is 1.07 bits per heavy atom.